The average Bonchev–Trinajstić information content (AvgIpc) is 2.83. The number of nitrogens with zero attached hydrogens (tertiary/aromatic N) is 1. The molecule has 1 atom stereocenters. The van der Waals surface area contributed by atoms with Crippen LogP contribution in [0.15, 0.2) is 54.7 Å². The van der Waals surface area contributed by atoms with Crippen molar-refractivity contribution in [1.29, 1.82) is 0 Å². The zero-order valence-corrected chi connectivity index (χ0v) is 19.0. The lowest BCUT2D eigenvalue weighted by atomic mass is 9.95. The second kappa shape index (κ2) is 11.0. The van der Waals surface area contributed by atoms with Gasteiger partial charge in [-0.15, -0.1) is 0 Å². The lowest BCUT2D eigenvalue weighted by molar-refractivity contribution is -0.139. The molecule has 0 aliphatic carbocycles. The van der Waals surface area contributed by atoms with Crippen molar-refractivity contribution in [2.45, 2.75) is 26.0 Å². The van der Waals surface area contributed by atoms with Gasteiger partial charge in [0.1, 0.15) is 13.2 Å². The SMILES string of the molecule is Cc1c(C=Cc2ccc(CNCC(O)CC(=O)O)cn2)cccc1-c1ccc2c(c1)OCCO2. The molecule has 0 bridgehead atoms. The molecule has 2 aromatic carbocycles. The van der Waals surface area contributed by atoms with Crippen molar-refractivity contribution < 1.29 is 24.5 Å². The van der Waals surface area contributed by atoms with Gasteiger partial charge in [-0.3, -0.25) is 9.78 Å². The maximum absolute atomic E-state index is 10.6. The Morgan fingerprint density at radius 1 is 1.12 bits per heavy atom. The fourth-order valence-corrected chi connectivity index (χ4v) is 3.83. The van der Waals surface area contributed by atoms with Gasteiger partial charge in [0.05, 0.1) is 18.2 Å². The van der Waals surface area contributed by atoms with Crippen molar-refractivity contribution in [1.82, 2.24) is 10.3 Å². The second-order valence-electron chi connectivity index (χ2n) is 8.19. The Bertz CT molecular complexity index is 1170. The van der Waals surface area contributed by atoms with Crippen LogP contribution in [0.25, 0.3) is 23.3 Å². The number of rotatable bonds is 9. The van der Waals surface area contributed by atoms with E-state index in [9.17, 15) is 9.90 Å². The Balaban J connectivity index is 1.41. The number of aromatic nitrogens is 1. The van der Waals surface area contributed by atoms with Crippen LogP contribution in [0, 0.1) is 6.92 Å². The average molecular weight is 461 g/mol. The Morgan fingerprint density at radius 2 is 1.94 bits per heavy atom. The number of aliphatic hydroxyl groups excluding tert-OH is 1. The van der Waals surface area contributed by atoms with Crippen molar-refractivity contribution >= 4 is 18.1 Å². The van der Waals surface area contributed by atoms with Gasteiger partial charge in [-0.1, -0.05) is 36.4 Å². The van der Waals surface area contributed by atoms with Crippen molar-refractivity contribution in [3.63, 3.8) is 0 Å². The number of benzene rings is 2. The molecular formula is C27H28N2O5. The predicted octanol–water partition coefficient (Wildman–Crippen LogP) is 3.92. The number of hydrogen-bond donors (Lipinski definition) is 3. The number of carbonyl (C=O) groups is 1. The number of carboxylic acid groups (broad SMARTS) is 1. The molecule has 7 heteroatoms. The minimum atomic E-state index is -1.01. The second-order valence-corrected chi connectivity index (χ2v) is 8.19. The van der Waals surface area contributed by atoms with Gasteiger partial charge >= 0.3 is 5.97 Å². The maximum atomic E-state index is 10.6. The molecule has 0 radical (unpaired) electrons. The monoisotopic (exact) mass is 460 g/mol. The molecule has 1 aromatic heterocycles. The van der Waals surface area contributed by atoms with Crippen LogP contribution in [0.4, 0.5) is 0 Å². The molecule has 34 heavy (non-hydrogen) atoms. The van der Waals surface area contributed by atoms with Crippen molar-refractivity contribution in [3.8, 4) is 22.6 Å². The summed E-state index contributed by atoms with van der Waals surface area (Å²) in [5.74, 6) is 0.545. The van der Waals surface area contributed by atoms with Crippen LogP contribution < -0.4 is 14.8 Å². The molecule has 1 aliphatic heterocycles. The third-order valence-electron chi connectivity index (χ3n) is 5.63. The number of nitrogens with one attached hydrogen (secondary N) is 1. The molecule has 4 rings (SSSR count). The first-order valence-electron chi connectivity index (χ1n) is 11.2. The van der Waals surface area contributed by atoms with Gasteiger partial charge in [0.15, 0.2) is 11.5 Å². The first-order valence-corrected chi connectivity index (χ1v) is 11.2. The van der Waals surface area contributed by atoms with Crippen LogP contribution in [-0.2, 0) is 11.3 Å². The molecule has 0 amide bonds. The maximum Gasteiger partial charge on any atom is 0.306 e. The van der Waals surface area contributed by atoms with Crippen molar-refractivity contribution in [3.05, 3.63) is 77.1 Å². The molecule has 1 aliphatic rings. The fourth-order valence-electron chi connectivity index (χ4n) is 3.83. The first-order chi connectivity index (χ1) is 16.5. The highest BCUT2D eigenvalue weighted by atomic mass is 16.6. The van der Waals surface area contributed by atoms with Gasteiger partial charge in [-0.05, 0) is 59.0 Å². The lowest BCUT2D eigenvalue weighted by Gasteiger charge is -2.19. The molecule has 2 heterocycles. The first kappa shape index (κ1) is 23.5. The standard InChI is InChI=1S/C27H28N2O5/c1-18-20(3-2-4-24(18)21-7-10-25-26(13-21)34-12-11-33-25)6-9-22-8-5-19(16-29-22)15-28-17-23(30)14-27(31)32/h2-10,13,16,23,28,30H,11-12,14-15,17H2,1H3,(H,31,32). The smallest absolute Gasteiger partial charge is 0.306 e. The van der Waals surface area contributed by atoms with Crippen LogP contribution in [-0.4, -0.2) is 47.0 Å². The number of pyridine rings is 1. The third kappa shape index (κ3) is 6.01. The molecule has 0 fully saturated rings. The van der Waals surface area contributed by atoms with Crippen molar-refractivity contribution in [2.75, 3.05) is 19.8 Å². The number of fused-ring (bicyclic) bond motifs is 1. The van der Waals surface area contributed by atoms with E-state index in [0.29, 0.717) is 19.8 Å². The Kier molecular flexibility index (Phi) is 7.57. The number of hydrogen-bond acceptors (Lipinski definition) is 6. The van der Waals surface area contributed by atoms with Crippen LogP contribution >= 0.6 is 0 Å². The molecule has 0 saturated heterocycles. The number of aliphatic hydroxyl groups is 1. The number of aliphatic carboxylic acids is 1. The molecule has 0 spiro atoms. The lowest BCUT2D eigenvalue weighted by Crippen LogP contribution is -2.28. The third-order valence-corrected chi connectivity index (χ3v) is 5.63. The molecule has 0 saturated carbocycles. The van der Waals surface area contributed by atoms with Crippen LogP contribution in [0.2, 0.25) is 0 Å². The molecule has 176 valence electrons. The van der Waals surface area contributed by atoms with Crippen LogP contribution in [0.3, 0.4) is 0 Å². The van der Waals surface area contributed by atoms with E-state index in [0.717, 1.165) is 45.0 Å². The van der Waals surface area contributed by atoms with Crippen molar-refractivity contribution in [2.24, 2.45) is 0 Å². The van der Waals surface area contributed by atoms with E-state index in [4.69, 9.17) is 14.6 Å². The Hall–Kier alpha value is -3.68. The molecule has 3 N–H and O–H groups in total. The van der Waals surface area contributed by atoms with Gasteiger partial charge < -0.3 is 25.0 Å². The van der Waals surface area contributed by atoms with E-state index < -0.39 is 12.1 Å². The summed E-state index contributed by atoms with van der Waals surface area (Å²) in [5.41, 5.74) is 6.28. The van der Waals surface area contributed by atoms with E-state index in [1.54, 1.807) is 6.20 Å². The van der Waals surface area contributed by atoms with Gasteiger partial charge in [0.2, 0.25) is 0 Å². The van der Waals surface area contributed by atoms with E-state index in [-0.39, 0.29) is 13.0 Å². The van der Waals surface area contributed by atoms with Gasteiger partial charge in [0.25, 0.3) is 0 Å². The summed E-state index contributed by atoms with van der Waals surface area (Å²) in [5, 5.41) is 21.3. The highest BCUT2D eigenvalue weighted by Crippen LogP contribution is 2.36. The van der Waals surface area contributed by atoms with Gasteiger partial charge in [0, 0.05) is 19.3 Å². The normalized spacial score (nSPS) is 13.7. The molecular weight excluding hydrogens is 432 g/mol. The van der Waals surface area contributed by atoms with E-state index in [1.165, 1.54) is 0 Å². The topological polar surface area (TPSA) is 101 Å². The van der Waals surface area contributed by atoms with Gasteiger partial charge in [-0.25, -0.2) is 0 Å². The summed E-state index contributed by atoms with van der Waals surface area (Å²) in [7, 11) is 0. The molecule has 7 nitrogen and oxygen atoms in total. The summed E-state index contributed by atoms with van der Waals surface area (Å²) < 4.78 is 11.4. The van der Waals surface area contributed by atoms with E-state index in [2.05, 4.69) is 41.5 Å². The predicted molar refractivity (Wildman–Crippen MR) is 131 cm³/mol. The fraction of sp³-hybridized carbons (Fsp3) is 0.259. The summed E-state index contributed by atoms with van der Waals surface area (Å²) in [4.78, 5) is 15.1. The largest absolute Gasteiger partial charge is 0.486 e. The summed E-state index contributed by atoms with van der Waals surface area (Å²) in [6, 6.07) is 16.2. The molecule has 3 aromatic rings. The minimum Gasteiger partial charge on any atom is -0.486 e. The quantitative estimate of drug-likeness (QED) is 0.445. The zero-order chi connectivity index (χ0) is 23.9. The summed E-state index contributed by atoms with van der Waals surface area (Å²) in [6.07, 6.45) is 4.62. The highest BCUT2D eigenvalue weighted by molar-refractivity contribution is 5.77. The number of carboxylic acids is 1. The van der Waals surface area contributed by atoms with E-state index in [1.807, 2.05) is 36.4 Å². The Morgan fingerprint density at radius 3 is 2.71 bits per heavy atom. The highest BCUT2D eigenvalue weighted by Gasteiger charge is 2.14. The number of ether oxygens (including phenoxy) is 2. The Labute approximate surface area is 198 Å². The van der Waals surface area contributed by atoms with Gasteiger partial charge in [-0.2, -0.15) is 0 Å². The summed E-state index contributed by atoms with van der Waals surface area (Å²) >= 11 is 0. The zero-order valence-electron chi connectivity index (χ0n) is 19.0. The summed E-state index contributed by atoms with van der Waals surface area (Å²) in [6.45, 7) is 3.96. The van der Waals surface area contributed by atoms with Crippen LogP contribution in [0.1, 0.15) is 28.8 Å². The minimum absolute atomic E-state index is 0.215. The van der Waals surface area contributed by atoms with Crippen LogP contribution in [0.5, 0.6) is 11.5 Å². The van der Waals surface area contributed by atoms with E-state index >= 15 is 0 Å². The molecule has 1 unspecified atom stereocenters.